The zero-order chi connectivity index (χ0) is 25.6. The van der Waals surface area contributed by atoms with Crippen molar-refractivity contribution in [3.05, 3.63) is 65.2 Å². The molecular weight excluding hydrogens is 472 g/mol. The van der Waals surface area contributed by atoms with Gasteiger partial charge in [0.15, 0.2) is 47.4 Å². The first-order valence-electron chi connectivity index (χ1n) is 11.1. The minimum atomic E-state index is -1.58. The third-order valence-corrected chi connectivity index (χ3v) is 6.22. The minimum Gasteiger partial charge on any atom is -0.507 e. The fourth-order valence-corrected chi connectivity index (χ4v) is 4.39. The van der Waals surface area contributed by atoms with Gasteiger partial charge in [-0.05, 0) is 29.8 Å². The molecule has 0 saturated carbocycles. The normalized spacial score (nSPS) is 22.4. The van der Waals surface area contributed by atoms with Gasteiger partial charge in [0, 0.05) is 17.7 Å². The summed E-state index contributed by atoms with van der Waals surface area (Å²) in [6, 6.07) is 12.2. The number of carbonyl (C=O) groups excluding carboxylic acids is 1. The largest absolute Gasteiger partial charge is 0.507 e. The smallest absolute Gasteiger partial charge is 0.202 e. The van der Waals surface area contributed by atoms with Crippen LogP contribution in [0.2, 0.25) is 0 Å². The summed E-state index contributed by atoms with van der Waals surface area (Å²) < 4.78 is 28.4. The Morgan fingerprint density at radius 3 is 2.25 bits per heavy atom. The van der Waals surface area contributed by atoms with E-state index in [4.69, 9.17) is 23.7 Å². The summed E-state index contributed by atoms with van der Waals surface area (Å²) in [5.41, 5.74) is 0.903. The van der Waals surface area contributed by atoms with E-state index in [2.05, 4.69) is 0 Å². The van der Waals surface area contributed by atoms with Crippen molar-refractivity contribution in [3.63, 3.8) is 0 Å². The van der Waals surface area contributed by atoms with Crippen molar-refractivity contribution in [2.45, 2.75) is 24.4 Å². The molecule has 10 heteroatoms. The molecule has 0 aliphatic carbocycles. The number of methoxy groups -OCH3 is 2. The molecule has 36 heavy (non-hydrogen) atoms. The number of phenols is 2. The molecule has 188 valence electrons. The molecular formula is C26H24O10. The first-order chi connectivity index (χ1) is 17.3. The maximum absolute atomic E-state index is 12.9. The molecule has 0 spiro atoms. The highest BCUT2D eigenvalue weighted by molar-refractivity contribution is 6.05. The second-order valence-corrected chi connectivity index (χ2v) is 8.38. The molecule has 2 aliphatic heterocycles. The summed E-state index contributed by atoms with van der Waals surface area (Å²) in [7, 11) is 2.84. The Morgan fingerprint density at radius 1 is 0.806 bits per heavy atom. The molecule has 10 nitrogen and oxygen atoms in total. The van der Waals surface area contributed by atoms with Crippen LogP contribution in [-0.4, -0.2) is 59.2 Å². The van der Waals surface area contributed by atoms with Crippen LogP contribution in [0.1, 0.15) is 33.7 Å². The number of carbonyl (C=O) groups is 1. The predicted octanol–water partition coefficient (Wildman–Crippen LogP) is 2.67. The van der Waals surface area contributed by atoms with Crippen molar-refractivity contribution in [1.29, 1.82) is 0 Å². The molecule has 2 heterocycles. The molecule has 0 unspecified atom stereocenters. The number of Topliss-reactive ketones (excluding diaryl/α,β-unsaturated/α-hetero) is 1. The van der Waals surface area contributed by atoms with Crippen LogP contribution in [0.25, 0.3) is 0 Å². The quantitative estimate of drug-likeness (QED) is 0.416. The van der Waals surface area contributed by atoms with Gasteiger partial charge in [0.2, 0.25) is 5.78 Å². The van der Waals surface area contributed by atoms with Gasteiger partial charge in [-0.25, -0.2) is 0 Å². The van der Waals surface area contributed by atoms with E-state index in [1.54, 1.807) is 30.3 Å². The topological polar surface area (TPSA) is 144 Å². The Kier molecular flexibility index (Phi) is 5.99. The van der Waals surface area contributed by atoms with E-state index in [1.807, 2.05) is 0 Å². The number of benzene rings is 3. The maximum Gasteiger partial charge on any atom is 0.202 e. The van der Waals surface area contributed by atoms with Crippen LogP contribution in [-0.2, 0) is 0 Å². The van der Waals surface area contributed by atoms with Crippen molar-refractivity contribution in [2.75, 3.05) is 20.8 Å². The minimum absolute atomic E-state index is 0.0442. The Labute approximate surface area is 205 Å². The van der Waals surface area contributed by atoms with E-state index in [-0.39, 0.29) is 35.2 Å². The molecule has 3 aromatic carbocycles. The van der Waals surface area contributed by atoms with Gasteiger partial charge >= 0.3 is 0 Å². The molecule has 4 N–H and O–H groups in total. The first kappa shape index (κ1) is 23.6. The predicted molar refractivity (Wildman–Crippen MR) is 124 cm³/mol. The van der Waals surface area contributed by atoms with Crippen molar-refractivity contribution in [3.8, 4) is 40.2 Å². The fraction of sp³-hybridized carbons (Fsp3) is 0.269. The van der Waals surface area contributed by atoms with Crippen LogP contribution in [0.4, 0.5) is 0 Å². The monoisotopic (exact) mass is 496 g/mol. The lowest BCUT2D eigenvalue weighted by molar-refractivity contribution is -0.0130. The van der Waals surface area contributed by atoms with E-state index in [1.165, 1.54) is 32.4 Å². The second kappa shape index (κ2) is 9.14. The SMILES string of the molecule is COc1cc(O)c2c(c1)O[C@H](c1ccc3c(c1)O[C@@H](c1ccc(O)c(OC)c1)[C@H](CO)O3)[C@@H](O)C2=O. The molecule has 5 rings (SSSR count). The van der Waals surface area contributed by atoms with E-state index >= 15 is 0 Å². The van der Waals surface area contributed by atoms with Crippen molar-refractivity contribution in [2.24, 2.45) is 0 Å². The highest BCUT2D eigenvalue weighted by Gasteiger charge is 2.40. The average molecular weight is 496 g/mol. The number of rotatable bonds is 5. The van der Waals surface area contributed by atoms with Gasteiger partial charge in [0.1, 0.15) is 22.8 Å². The number of hydrogen-bond acceptors (Lipinski definition) is 10. The molecule has 0 saturated heterocycles. The lowest BCUT2D eigenvalue weighted by atomic mass is 9.92. The zero-order valence-electron chi connectivity index (χ0n) is 19.4. The van der Waals surface area contributed by atoms with E-state index < -0.39 is 30.2 Å². The summed E-state index contributed by atoms with van der Waals surface area (Å²) in [5, 5.41) is 40.8. The maximum atomic E-state index is 12.9. The lowest BCUT2D eigenvalue weighted by Crippen LogP contribution is -2.37. The van der Waals surface area contributed by atoms with Gasteiger partial charge in [0.05, 0.1) is 20.8 Å². The van der Waals surface area contributed by atoms with Gasteiger partial charge in [-0.15, -0.1) is 0 Å². The number of aromatic hydroxyl groups is 2. The Bertz CT molecular complexity index is 1320. The van der Waals surface area contributed by atoms with E-state index in [0.717, 1.165) is 0 Å². The summed E-state index contributed by atoms with van der Waals surface area (Å²) in [6.07, 6.45) is -4.15. The third kappa shape index (κ3) is 3.90. The molecule has 0 bridgehead atoms. The van der Waals surface area contributed by atoms with Crippen LogP contribution >= 0.6 is 0 Å². The number of aliphatic hydroxyl groups excluding tert-OH is 2. The summed E-state index contributed by atoms with van der Waals surface area (Å²) >= 11 is 0. The van der Waals surface area contributed by atoms with Crippen molar-refractivity contribution >= 4 is 5.78 Å². The van der Waals surface area contributed by atoms with Gasteiger partial charge in [-0.1, -0.05) is 12.1 Å². The van der Waals surface area contributed by atoms with Crippen molar-refractivity contribution < 1.29 is 48.9 Å². The number of ketones is 1. The lowest BCUT2D eigenvalue weighted by Gasteiger charge is -2.35. The zero-order valence-corrected chi connectivity index (χ0v) is 19.4. The summed E-state index contributed by atoms with van der Waals surface area (Å²) in [4.78, 5) is 12.9. The molecule has 3 aromatic rings. The van der Waals surface area contributed by atoms with Gasteiger partial charge < -0.3 is 44.1 Å². The molecule has 4 atom stereocenters. The highest BCUT2D eigenvalue weighted by atomic mass is 16.6. The number of phenolic OH excluding ortho intramolecular Hbond substituents is 2. The molecule has 0 fully saturated rings. The fourth-order valence-electron chi connectivity index (χ4n) is 4.39. The molecule has 0 radical (unpaired) electrons. The number of aliphatic hydroxyl groups is 2. The molecule has 2 aliphatic rings. The summed E-state index contributed by atoms with van der Waals surface area (Å²) in [6.45, 7) is -0.337. The van der Waals surface area contributed by atoms with Gasteiger partial charge in [0.25, 0.3) is 0 Å². The summed E-state index contributed by atoms with van der Waals surface area (Å²) in [5.74, 6) is 0.184. The van der Waals surface area contributed by atoms with Gasteiger partial charge in [-0.3, -0.25) is 4.79 Å². The van der Waals surface area contributed by atoms with Crippen molar-refractivity contribution in [1.82, 2.24) is 0 Å². The Balaban J connectivity index is 1.49. The van der Waals surface area contributed by atoms with Crippen LogP contribution in [0.3, 0.4) is 0 Å². The average Bonchev–Trinajstić information content (AvgIpc) is 2.89. The highest BCUT2D eigenvalue weighted by Crippen LogP contribution is 2.46. The third-order valence-electron chi connectivity index (χ3n) is 6.22. The first-order valence-corrected chi connectivity index (χ1v) is 11.1. The van der Waals surface area contributed by atoms with Crippen LogP contribution in [0.5, 0.6) is 40.2 Å². The molecule has 0 aromatic heterocycles. The second-order valence-electron chi connectivity index (χ2n) is 8.38. The Hall–Kier alpha value is -4.15. The Morgan fingerprint density at radius 2 is 1.53 bits per heavy atom. The van der Waals surface area contributed by atoms with Gasteiger partial charge in [-0.2, -0.15) is 0 Å². The number of hydrogen-bond donors (Lipinski definition) is 4. The van der Waals surface area contributed by atoms with E-state index in [9.17, 15) is 25.2 Å². The molecule has 0 amide bonds. The van der Waals surface area contributed by atoms with Crippen LogP contribution in [0.15, 0.2) is 48.5 Å². The number of fused-ring (bicyclic) bond motifs is 2. The van der Waals surface area contributed by atoms with E-state index in [0.29, 0.717) is 28.4 Å². The van der Waals surface area contributed by atoms with Crippen LogP contribution < -0.4 is 23.7 Å². The standard InChI is InChI=1S/C26H24O10/c1-32-14-9-16(29)22-20(10-14)36-26(24(31)23(22)30)13-4-6-17-19(8-13)35-25(21(11-27)34-17)12-3-5-15(28)18(7-12)33-2/h3-10,21,24-29,31H,11H2,1-2H3/t21-,24-,25-,26+/m0/s1. The van der Waals surface area contributed by atoms with Crippen LogP contribution in [0, 0.1) is 0 Å². The number of ether oxygens (including phenoxy) is 5.